The maximum Gasteiger partial charge on any atom is 0.295 e. The Morgan fingerprint density at radius 2 is 1.91 bits per heavy atom. The van der Waals surface area contributed by atoms with Crippen molar-refractivity contribution in [3.63, 3.8) is 0 Å². The van der Waals surface area contributed by atoms with Crippen LogP contribution in [0.25, 0.3) is 5.76 Å². The van der Waals surface area contributed by atoms with E-state index in [-0.39, 0.29) is 17.9 Å². The second-order valence-corrected chi connectivity index (χ2v) is 7.33. The van der Waals surface area contributed by atoms with Crippen LogP contribution in [0, 0.1) is 0 Å². The number of nitrogens with zero attached hydrogens (tertiary/aromatic N) is 2. The number of carbonyl (C=O) groups excluding carboxylic acids is 2. The van der Waals surface area contributed by atoms with E-state index in [0.717, 1.165) is 5.56 Å². The molecule has 1 atom stereocenters. The normalized spacial score (nSPS) is 17.4. The lowest BCUT2D eigenvalue weighted by Crippen LogP contribution is -2.29. The first-order valence-corrected chi connectivity index (χ1v) is 10.2. The summed E-state index contributed by atoms with van der Waals surface area (Å²) in [6.07, 6.45) is 4.93. The molecule has 0 aliphatic carbocycles. The zero-order valence-electron chi connectivity index (χ0n) is 17.3. The minimum absolute atomic E-state index is 0.0472. The molecule has 1 aliphatic heterocycles. The van der Waals surface area contributed by atoms with Crippen molar-refractivity contribution < 1.29 is 19.4 Å². The van der Waals surface area contributed by atoms with E-state index in [4.69, 9.17) is 4.74 Å². The van der Waals surface area contributed by atoms with E-state index in [9.17, 15) is 14.7 Å². The minimum Gasteiger partial charge on any atom is -0.507 e. The van der Waals surface area contributed by atoms with Crippen LogP contribution in [0.1, 0.15) is 22.7 Å². The Morgan fingerprint density at radius 3 is 2.62 bits per heavy atom. The van der Waals surface area contributed by atoms with Crippen LogP contribution in [0.2, 0.25) is 0 Å². The van der Waals surface area contributed by atoms with Crippen molar-refractivity contribution in [2.24, 2.45) is 0 Å². The molecule has 0 saturated carbocycles. The molecule has 1 N–H and O–H groups in total. The fourth-order valence-electron chi connectivity index (χ4n) is 3.76. The molecule has 4 rings (SSSR count). The number of hydrogen-bond donors (Lipinski definition) is 1. The highest BCUT2D eigenvalue weighted by Gasteiger charge is 2.46. The van der Waals surface area contributed by atoms with Gasteiger partial charge >= 0.3 is 0 Å². The average molecular weight is 426 g/mol. The standard InChI is InChI=1S/C26H22N2O4/c1-2-14-32-21-12-6-11-20(15-21)23-22(24(29)19-9-4-3-5-10-19)25(30)26(31)28(23)17-18-8-7-13-27-16-18/h2-13,15-16,23,29H,1,14,17H2/b24-22-. The van der Waals surface area contributed by atoms with E-state index in [0.29, 0.717) is 23.5 Å². The number of ketones is 1. The summed E-state index contributed by atoms with van der Waals surface area (Å²) in [5, 5.41) is 11.1. The van der Waals surface area contributed by atoms with Crippen LogP contribution in [0.3, 0.4) is 0 Å². The third-order valence-electron chi connectivity index (χ3n) is 5.20. The number of aliphatic hydroxyl groups excluding tert-OH is 1. The first-order valence-electron chi connectivity index (χ1n) is 10.2. The number of amides is 1. The van der Waals surface area contributed by atoms with E-state index in [1.807, 2.05) is 18.2 Å². The largest absolute Gasteiger partial charge is 0.507 e. The monoisotopic (exact) mass is 426 g/mol. The van der Waals surface area contributed by atoms with Gasteiger partial charge in [0.15, 0.2) is 0 Å². The molecule has 0 spiro atoms. The van der Waals surface area contributed by atoms with Crippen molar-refractivity contribution in [2.45, 2.75) is 12.6 Å². The van der Waals surface area contributed by atoms with Crippen molar-refractivity contribution in [3.05, 3.63) is 114 Å². The lowest BCUT2D eigenvalue weighted by molar-refractivity contribution is -0.140. The van der Waals surface area contributed by atoms with Crippen LogP contribution in [0.5, 0.6) is 5.75 Å². The first-order chi connectivity index (χ1) is 15.6. The second-order valence-electron chi connectivity index (χ2n) is 7.33. The Balaban J connectivity index is 1.84. The molecule has 32 heavy (non-hydrogen) atoms. The van der Waals surface area contributed by atoms with E-state index < -0.39 is 17.7 Å². The molecule has 6 heteroatoms. The average Bonchev–Trinajstić information content (AvgIpc) is 3.08. The van der Waals surface area contributed by atoms with Crippen molar-refractivity contribution in [2.75, 3.05) is 6.61 Å². The third kappa shape index (κ3) is 4.16. The van der Waals surface area contributed by atoms with Gasteiger partial charge in [-0.1, -0.05) is 61.2 Å². The van der Waals surface area contributed by atoms with Crippen LogP contribution < -0.4 is 4.74 Å². The zero-order chi connectivity index (χ0) is 22.5. The quantitative estimate of drug-likeness (QED) is 0.264. The van der Waals surface area contributed by atoms with Gasteiger partial charge < -0.3 is 14.7 Å². The van der Waals surface area contributed by atoms with E-state index in [1.54, 1.807) is 67.0 Å². The molecule has 1 amide bonds. The number of ether oxygens (including phenoxy) is 1. The summed E-state index contributed by atoms with van der Waals surface area (Å²) in [4.78, 5) is 31.7. The Morgan fingerprint density at radius 1 is 1.09 bits per heavy atom. The summed E-state index contributed by atoms with van der Waals surface area (Å²) >= 11 is 0. The Hall–Kier alpha value is -4.19. The number of benzene rings is 2. The number of pyridine rings is 1. The minimum atomic E-state index is -0.775. The van der Waals surface area contributed by atoms with Gasteiger partial charge in [0.05, 0.1) is 11.6 Å². The predicted octanol–water partition coefficient (Wildman–Crippen LogP) is 4.27. The van der Waals surface area contributed by atoms with E-state index in [2.05, 4.69) is 11.6 Å². The van der Waals surface area contributed by atoms with Gasteiger partial charge in [-0.25, -0.2) is 0 Å². The van der Waals surface area contributed by atoms with Gasteiger partial charge in [0.1, 0.15) is 18.1 Å². The molecule has 0 radical (unpaired) electrons. The first kappa shape index (κ1) is 21.1. The topological polar surface area (TPSA) is 79.7 Å². The summed E-state index contributed by atoms with van der Waals surface area (Å²) in [7, 11) is 0. The summed E-state index contributed by atoms with van der Waals surface area (Å²) in [6, 6.07) is 18.7. The smallest absolute Gasteiger partial charge is 0.295 e. The summed E-state index contributed by atoms with van der Waals surface area (Å²) in [5.41, 5.74) is 1.95. The van der Waals surface area contributed by atoms with Crippen molar-refractivity contribution in [3.8, 4) is 5.75 Å². The molecule has 3 aromatic rings. The van der Waals surface area contributed by atoms with Gasteiger partial charge in [0.25, 0.3) is 11.7 Å². The number of aliphatic hydroxyl groups is 1. The van der Waals surface area contributed by atoms with Crippen LogP contribution >= 0.6 is 0 Å². The van der Waals surface area contributed by atoms with Gasteiger partial charge in [0, 0.05) is 24.5 Å². The summed E-state index contributed by atoms with van der Waals surface area (Å²) in [5.74, 6) is -1.03. The van der Waals surface area contributed by atoms with Crippen molar-refractivity contribution >= 4 is 17.4 Å². The van der Waals surface area contributed by atoms with E-state index >= 15 is 0 Å². The highest BCUT2D eigenvalue weighted by Crippen LogP contribution is 2.41. The van der Waals surface area contributed by atoms with E-state index in [1.165, 1.54) is 4.90 Å². The lowest BCUT2D eigenvalue weighted by Gasteiger charge is -2.25. The molecule has 1 aliphatic rings. The third-order valence-corrected chi connectivity index (χ3v) is 5.20. The number of aromatic nitrogens is 1. The fourth-order valence-corrected chi connectivity index (χ4v) is 3.76. The van der Waals surface area contributed by atoms with Crippen LogP contribution in [-0.4, -0.2) is 33.3 Å². The molecule has 160 valence electrons. The molecule has 1 unspecified atom stereocenters. The van der Waals surface area contributed by atoms with Crippen molar-refractivity contribution in [1.29, 1.82) is 0 Å². The van der Waals surface area contributed by atoms with Crippen LogP contribution in [0.4, 0.5) is 0 Å². The molecular weight excluding hydrogens is 404 g/mol. The Bertz CT molecular complexity index is 1170. The zero-order valence-corrected chi connectivity index (χ0v) is 17.3. The predicted molar refractivity (Wildman–Crippen MR) is 121 cm³/mol. The van der Waals surface area contributed by atoms with Crippen LogP contribution in [0.15, 0.2) is 97.4 Å². The van der Waals surface area contributed by atoms with Gasteiger partial charge in [0.2, 0.25) is 0 Å². The Labute approximate surface area is 186 Å². The maximum atomic E-state index is 13.1. The molecule has 2 aromatic carbocycles. The highest BCUT2D eigenvalue weighted by atomic mass is 16.5. The van der Waals surface area contributed by atoms with Gasteiger partial charge in [-0.05, 0) is 29.3 Å². The molecule has 2 heterocycles. The molecule has 1 saturated heterocycles. The molecule has 1 fully saturated rings. The number of likely N-dealkylation sites (tertiary alicyclic amines) is 1. The molecule has 0 bridgehead atoms. The number of rotatable bonds is 7. The number of hydrogen-bond acceptors (Lipinski definition) is 5. The number of Topliss-reactive ketones (excluding diaryl/α,β-unsaturated/α-hetero) is 1. The highest BCUT2D eigenvalue weighted by molar-refractivity contribution is 6.46. The van der Waals surface area contributed by atoms with Gasteiger partial charge in [-0.15, -0.1) is 0 Å². The fraction of sp³-hybridized carbons (Fsp3) is 0.115. The maximum absolute atomic E-state index is 13.1. The van der Waals surface area contributed by atoms with Crippen molar-refractivity contribution in [1.82, 2.24) is 9.88 Å². The molecular formula is C26H22N2O4. The molecule has 6 nitrogen and oxygen atoms in total. The second kappa shape index (κ2) is 9.31. The Kier molecular flexibility index (Phi) is 6.12. The molecule has 1 aromatic heterocycles. The van der Waals surface area contributed by atoms with Gasteiger partial charge in [-0.2, -0.15) is 0 Å². The number of carbonyl (C=O) groups is 2. The SMILES string of the molecule is C=CCOc1cccc(C2/C(=C(/O)c3ccccc3)C(=O)C(=O)N2Cc2cccnc2)c1. The van der Waals surface area contributed by atoms with Gasteiger partial charge in [-0.3, -0.25) is 14.6 Å². The van der Waals surface area contributed by atoms with Crippen LogP contribution in [-0.2, 0) is 16.1 Å². The summed E-state index contributed by atoms with van der Waals surface area (Å²) < 4.78 is 5.65. The summed E-state index contributed by atoms with van der Waals surface area (Å²) in [6.45, 7) is 4.15. The lowest BCUT2D eigenvalue weighted by atomic mass is 9.95.